The molecule has 0 aliphatic carbocycles. The van der Waals surface area contributed by atoms with Gasteiger partial charge in [-0.05, 0) is 128 Å². The monoisotopic (exact) mass is 1250 g/mol. The SMILES string of the molecule is c1ccc(-c2ncnc(-c3cccc(-c4cc(-c5cccc(-c6ncnc(-c7ccccc7)n6)c5)cc(-c5ccccc5Oc5ccccc5-c5cc(-c6cccc(-c7ncnc(-c8ccccc8)n7)c6)cc(-c6cccc(-c7ncnc(-c8ccccc8)n7)c6)c5)c4)c3)n2)cc1. The molecule has 16 aromatic rings. The number of para-hydroxylation sites is 2. The molecule has 456 valence electrons. The number of aromatic nitrogens is 12. The summed E-state index contributed by atoms with van der Waals surface area (Å²) in [5, 5.41) is 0. The van der Waals surface area contributed by atoms with Crippen LogP contribution in [0.2, 0.25) is 0 Å². The molecule has 0 aliphatic heterocycles. The van der Waals surface area contributed by atoms with Gasteiger partial charge in [-0.2, -0.15) is 0 Å². The van der Waals surface area contributed by atoms with E-state index in [1.807, 2.05) is 194 Å². The minimum atomic E-state index is 0.568. The van der Waals surface area contributed by atoms with Gasteiger partial charge in [0.1, 0.15) is 36.8 Å². The van der Waals surface area contributed by atoms with Gasteiger partial charge in [0.15, 0.2) is 46.6 Å². The molecule has 0 spiro atoms. The maximum atomic E-state index is 7.34. The van der Waals surface area contributed by atoms with Gasteiger partial charge in [-0.25, -0.2) is 59.8 Å². The van der Waals surface area contributed by atoms with E-state index in [0.717, 1.165) is 111 Å². The van der Waals surface area contributed by atoms with E-state index in [9.17, 15) is 0 Å². The second-order valence-corrected chi connectivity index (χ2v) is 23.0. The van der Waals surface area contributed by atoms with Crippen molar-refractivity contribution in [2.75, 3.05) is 0 Å². The fraction of sp³-hybridized carbons (Fsp3) is 0. The Labute approximate surface area is 559 Å². The average Bonchev–Trinajstić information content (AvgIpc) is 0.815. The molecule has 4 heterocycles. The van der Waals surface area contributed by atoms with E-state index in [2.05, 4.69) is 149 Å². The summed E-state index contributed by atoms with van der Waals surface area (Å²) in [6.45, 7) is 0. The van der Waals surface area contributed by atoms with E-state index < -0.39 is 0 Å². The largest absolute Gasteiger partial charge is 0.456 e. The van der Waals surface area contributed by atoms with Crippen molar-refractivity contribution in [3.05, 3.63) is 329 Å². The quantitative estimate of drug-likeness (QED) is 0.0898. The predicted molar refractivity (Wildman–Crippen MR) is 383 cm³/mol. The van der Waals surface area contributed by atoms with Crippen LogP contribution in [-0.2, 0) is 0 Å². The maximum absolute atomic E-state index is 7.34. The lowest BCUT2D eigenvalue weighted by Gasteiger charge is -2.18. The Morgan fingerprint density at radius 1 is 0.155 bits per heavy atom. The third-order valence-electron chi connectivity index (χ3n) is 16.7. The Hall–Kier alpha value is -13.5. The first-order chi connectivity index (χ1) is 48.0. The van der Waals surface area contributed by atoms with Crippen LogP contribution < -0.4 is 4.74 Å². The number of ether oxygens (including phenoxy) is 1. The highest BCUT2D eigenvalue weighted by Crippen LogP contribution is 2.44. The highest BCUT2D eigenvalue weighted by atomic mass is 16.5. The Bertz CT molecular complexity index is 4890. The first kappa shape index (κ1) is 58.6. The van der Waals surface area contributed by atoms with Gasteiger partial charge in [0.2, 0.25) is 0 Å². The molecule has 0 aliphatic rings. The smallest absolute Gasteiger partial charge is 0.163 e. The first-order valence-electron chi connectivity index (χ1n) is 31.6. The lowest BCUT2D eigenvalue weighted by atomic mass is 9.91. The summed E-state index contributed by atoms with van der Waals surface area (Å²) in [5.74, 6) is 5.99. The van der Waals surface area contributed by atoms with Crippen LogP contribution in [0.4, 0.5) is 0 Å². The first-order valence-corrected chi connectivity index (χ1v) is 31.6. The normalized spacial score (nSPS) is 11.1. The highest BCUT2D eigenvalue weighted by molar-refractivity contribution is 5.88. The number of benzene rings is 12. The van der Waals surface area contributed by atoms with Gasteiger partial charge in [-0.1, -0.05) is 231 Å². The lowest BCUT2D eigenvalue weighted by Crippen LogP contribution is -1.96. The van der Waals surface area contributed by atoms with Crippen LogP contribution >= 0.6 is 0 Å². The molecule has 0 saturated heterocycles. The van der Waals surface area contributed by atoms with Crippen molar-refractivity contribution in [3.8, 4) is 169 Å². The van der Waals surface area contributed by atoms with Gasteiger partial charge in [-0.3, -0.25) is 0 Å². The second kappa shape index (κ2) is 26.6. The summed E-state index contributed by atoms with van der Waals surface area (Å²) < 4.78 is 7.34. The average molecular weight is 1250 g/mol. The molecule has 4 aromatic heterocycles. The Morgan fingerprint density at radius 3 is 0.619 bits per heavy atom. The number of nitrogens with zero attached hydrogens (tertiary/aromatic N) is 12. The Balaban J connectivity index is 0.804. The van der Waals surface area contributed by atoms with Crippen LogP contribution in [0.1, 0.15) is 0 Å². The van der Waals surface area contributed by atoms with Crippen molar-refractivity contribution >= 4 is 0 Å². The van der Waals surface area contributed by atoms with Gasteiger partial charge >= 0.3 is 0 Å². The predicted octanol–water partition coefficient (Wildman–Crippen LogP) is 19.6. The number of hydrogen-bond donors (Lipinski definition) is 0. The molecule has 12 aromatic carbocycles. The summed E-state index contributed by atoms with van der Waals surface area (Å²) in [5.41, 5.74) is 18.4. The van der Waals surface area contributed by atoms with Gasteiger partial charge < -0.3 is 4.74 Å². The van der Waals surface area contributed by atoms with Gasteiger partial charge in [0, 0.05) is 55.6 Å². The van der Waals surface area contributed by atoms with Crippen molar-refractivity contribution in [1.29, 1.82) is 0 Å². The molecule has 97 heavy (non-hydrogen) atoms. The van der Waals surface area contributed by atoms with Crippen LogP contribution in [0.25, 0.3) is 158 Å². The molecular formula is C84H54N12O. The molecule has 0 fully saturated rings. The van der Waals surface area contributed by atoms with Gasteiger partial charge in [0.05, 0.1) is 0 Å². The molecule has 0 bridgehead atoms. The Kier molecular flexibility index (Phi) is 16.1. The lowest BCUT2D eigenvalue weighted by molar-refractivity contribution is 0.486. The zero-order valence-electron chi connectivity index (χ0n) is 52.0. The van der Waals surface area contributed by atoms with E-state index in [4.69, 9.17) is 24.7 Å². The van der Waals surface area contributed by atoms with Crippen LogP contribution in [0, 0.1) is 0 Å². The van der Waals surface area contributed by atoms with Crippen molar-refractivity contribution in [1.82, 2.24) is 59.8 Å². The summed E-state index contributed by atoms with van der Waals surface area (Å²) in [4.78, 5) is 56.6. The maximum Gasteiger partial charge on any atom is 0.163 e. The third-order valence-corrected chi connectivity index (χ3v) is 16.7. The van der Waals surface area contributed by atoms with Crippen LogP contribution in [0.15, 0.2) is 329 Å². The molecule has 0 saturated carbocycles. The molecule has 16 rings (SSSR count). The van der Waals surface area contributed by atoms with Crippen molar-refractivity contribution in [3.63, 3.8) is 0 Å². The fourth-order valence-electron chi connectivity index (χ4n) is 11.9. The molecule has 0 N–H and O–H groups in total. The zero-order valence-corrected chi connectivity index (χ0v) is 52.0. The topological polar surface area (TPSA) is 164 Å². The summed E-state index contributed by atoms with van der Waals surface area (Å²) in [7, 11) is 0. The Morgan fingerprint density at radius 2 is 0.351 bits per heavy atom. The van der Waals surface area contributed by atoms with Gasteiger partial charge in [-0.15, -0.1) is 0 Å². The standard InChI is InChI=1S/C84H54N12O/c1-5-21-55(22-6-1)77-85-51-89-81(93-77)63-33-17-29-59(41-63)67-45-68(60-30-18-34-64(42-60)82-90-52-86-78(94-82)56-23-7-2-8-24-56)48-71(47-67)73-37-13-15-39-75(73)97-76-40-16-14-38-74(76)72-49-69(61-31-19-35-65(43-61)83-91-53-87-79(95-83)57-25-9-3-10-26-57)46-70(50-72)62-32-20-36-66(44-62)84-92-54-88-80(96-84)58-27-11-4-12-28-58/h1-54H. The molecule has 0 atom stereocenters. The highest BCUT2D eigenvalue weighted by Gasteiger charge is 2.19. The van der Waals surface area contributed by atoms with Crippen LogP contribution in [0.3, 0.4) is 0 Å². The third kappa shape index (κ3) is 12.8. The molecule has 0 radical (unpaired) electrons. The molecule has 0 unspecified atom stereocenters. The van der Waals surface area contributed by atoms with E-state index in [1.54, 1.807) is 25.3 Å². The van der Waals surface area contributed by atoms with Crippen molar-refractivity contribution < 1.29 is 4.74 Å². The van der Waals surface area contributed by atoms with E-state index in [-0.39, 0.29) is 0 Å². The minimum Gasteiger partial charge on any atom is -0.456 e. The number of hydrogen-bond acceptors (Lipinski definition) is 13. The summed E-state index contributed by atoms with van der Waals surface area (Å²) >= 11 is 0. The fourth-order valence-corrected chi connectivity index (χ4v) is 11.9. The summed E-state index contributed by atoms with van der Waals surface area (Å²) in [6, 6.07) is 103. The van der Waals surface area contributed by atoms with Gasteiger partial charge in [0.25, 0.3) is 0 Å². The molecule has 13 heteroatoms. The van der Waals surface area contributed by atoms with E-state index in [1.165, 1.54) is 0 Å². The number of rotatable bonds is 16. The summed E-state index contributed by atoms with van der Waals surface area (Å²) in [6.07, 6.45) is 6.29. The van der Waals surface area contributed by atoms with E-state index >= 15 is 0 Å². The van der Waals surface area contributed by atoms with E-state index in [0.29, 0.717) is 58.1 Å². The van der Waals surface area contributed by atoms with Crippen molar-refractivity contribution in [2.45, 2.75) is 0 Å². The zero-order chi connectivity index (χ0) is 64.7. The molecule has 13 nitrogen and oxygen atoms in total. The molecule has 0 amide bonds. The van der Waals surface area contributed by atoms with Crippen LogP contribution in [0.5, 0.6) is 11.5 Å². The van der Waals surface area contributed by atoms with Crippen molar-refractivity contribution in [2.24, 2.45) is 0 Å². The minimum absolute atomic E-state index is 0.568. The molecular weight excluding hydrogens is 1190 g/mol. The second-order valence-electron chi connectivity index (χ2n) is 23.0. The van der Waals surface area contributed by atoms with Crippen LogP contribution in [-0.4, -0.2) is 59.8 Å².